The molecule has 2 atom stereocenters. The van der Waals surface area contributed by atoms with Crippen LogP contribution < -0.4 is 9.80 Å². The maximum absolute atomic E-state index is 10.1. The number of aliphatic hydroxyl groups excluding tert-OH is 1. The van der Waals surface area contributed by atoms with Crippen LogP contribution >= 0.6 is 0 Å². The van der Waals surface area contributed by atoms with Crippen LogP contribution in [0, 0.1) is 5.41 Å². The molecule has 0 aliphatic carbocycles. The van der Waals surface area contributed by atoms with Crippen LogP contribution in [0.4, 0.5) is 11.8 Å². The van der Waals surface area contributed by atoms with Gasteiger partial charge in [0.15, 0.2) is 0 Å². The number of hydrogen-bond acceptors (Lipinski definition) is 6. The Bertz CT molecular complexity index is 536. The molecule has 0 amide bonds. The summed E-state index contributed by atoms with van der Waals surface area (Å²) in [5, 5.41) is 10.1. The van der Waals surface area contributed by atoms with Gasteiger partial charge in [-0.05, 0) is 24.9 Å². The first-order chi connectivity index (χ1) is 10.8. The van der Waals surface area contributed by atoms with E-state index in [2.05, 4.69) is 47.5 Å². The molecule has 0 aromatic carbocycles. The van der Waals surface area contributed by atoms with Crippen LogP contribution in [-0.2, 0) is 0 Å². The fourth-order valence-corrected chi connectivity index (χ4v) is 3.55. The Hall–Kier alpha value is -1.40. The average molecular weight is 319 g/mol. The maximum Gasteiger partial charge on any atom is 0.227 e. The molecular weight excluding hydrogens is 290 g/mol. The van der Waals surface area contributed by atoms with Gasteiger partial charge in [-0.25, -0.2) is 4.98 Å². The van der Waals surface area contributed by atoms with Crippen molar-refractivity contribution < 1.29 is 5.11 Å². The third-order valence-corrected chi connectivity index (χ3v) is 4.99. The lowest BCUT2D eigenvalue weighted by Gasteiger charge is -2.36. The molecule has 2 fully saturated rings. The predicted molar refractivity (Wildman–Crippen MR) is 93.0 cm³/mol. The molecule has 1 unspecified atom stereocenters. The van der Waals surface area contributed by atoms with E-state index < -0.39 is 0 Å². The summed E-state index contributed by atoms with van der Waals surface area (Å²) in [5.41, 5.74) is 0.108. The number of likely N-dealkylation sites (N-methyl/N-ethyl adjacent to an activating group) is 1. The fourth-order valence-electron chi connectivity index (χ4n) is 3.55. The second-order valence-corrected chi connectivity index (χ2v) is 7.93. The molecule has 0 spiro atoms. The summed E-state index contributed by atoms with van der Waals surface area (Å²) in [6, 6.07) is 2.27. The van der Waals surface area contributed by atoms with Crippen LogP contribution in [0.2, 0.25) is 0 Å². The molecule has 2 saturated heterocycles. The maximum atomic E-state index is 10.1. The molecule has 1 N–H and O–H groups in total. The molecule has 6 nitrogen and oxygen atoms in total. The van der Waals surface area contributed by atoms with E-state index in [4.69, 9.17) is 4.98 Å². The van der Waals surface area contributed by atoms with Crippen molar-refractivity contribution in [2.24, 2.45) is 5.41 Å². The van der Waals surface area contributed by atoms with E-state index in [-0.39, 0.29) is 11.5 Å². The molecule has 0 bridgehead atoms. The summed E-state index contributed by atoms with van der Waals surface area (Å²) in [6.45, 7) is 11.3. The van der Waals surface area contributed by atoms with Gasteiger partial charge in [-0.3, -0.25) is 0 Å². The van der Waals surface area contributed by atoms with E-state index in [1.54, 1.807) is 0 Å². The molecular formula is C17H29N5O. The second-order valence-electron chi connectivity index (χ2n) is 7.93. The van der Waals surface area contributed by atoms with E-state index in [1.807, 2.05) is 12.3 Å². The fraction of sp³-hybridized carbons (Fsp3) is 0.765. The van der Waals surface area contributed by atoms with Crippen molar-refractivity contribution in [1.82, 2.24) is 14.9 Å². The highest BCUT2D eigenvalue weighted by Crippen LogP contribution is 2.35. The lowest BCUT2D eigenvalue weighted by atomic mass is 9.85. The highest BCUT2D eigenvalue weighted by Gasteiger charge is 2.39. The minimum Gasteiger partial charge on any atom is -0.391 e. The third kappa shape index (κ3) is 3.58. The van der Waals surface area contributed by atoms with Crippen molar-refractivity contribution in [3.8, 4) is 0 Å². The Balaban J connectivity index is 1.81. The second kappa shape index (κ2) is 6.24. The molecule has 6 heteroatoms. The zero-order chi connectivity index (χ0) is 16.6. The van der Waals surface area contributed by atoms with Crippen molar-refractivity contribution in [3.05, 3.63) is 12.3 Å². The SMILES string of the molecule is CN1CCN(c2nccc(N3C[C@H](O)CC3C(C)(C)C)n2)CC1. The first-order valence-corrected chi connectivity index (χ1v) is 8.56. The van der Waals surface area contributed by atoms with Gasteiger partial charge < -0.3 is 19.8 Å². The van der Waals surface area contributed by atoms with Crippen molar-refractivity contribution in [2.45, 2.75) is 39.3 Å². The van der Waals surface area contributed by atoms with Gasteiger partial charge >= 0.3 is 0 Å². The number of piperazine rings is 1. The first kappa shape index (κ1) is 16.5. The number of aromatic nitrogens is 2. The number of hydrogen-bond donors (Lipinski definition) is 1. The Kier molecular flexibility index (Phi) is 4.47. The van der Waals surface area contributed by atoms with Crippen LogP contribution in [0.1, 0.15) is 27.2 Å². The number of nitrogens with zero attached hydrogens (tertiary/aromatic N) is 5. The summed E-state index contributed by atoms with van der Waals surface area (Å²) in [6.07, 6.45) is 2.37. The van der Waals surface area contributed by atoms with Crippen LogP contribution in [0.5, 0.6) is 0 Å². The van der Waals surface area contributed by atoms with Gasteiger partial charge in [-0.15, -0.1) is 0 Å². The van der Waals surface area contributed by atoms with Crippen molar-refractivity contribution >= 4 is 11.8 Å². The first-order valence-electron chi connectivity index (χ1n) is 8.56. The summed E-state index contributed by atoms with van der Waals surface area (Å²) < 4.78 is 0. The highest BCUT2D eigenvalue weighted by molar-refractivity contribution is 5.46. The van der Waals surface area contributed by atoms with Gasteiger partial charge in [-0.2, -0.15) is 4.98 Å². The summed E-state index contributed by atoms with van der Waals surface area (Å²) in [5.74, 6) is 1.75. The van der Waals surface area contributed by atoms with Gasteiger partial charge in [0.05, 0.1) is 6.10 Å². The molecule has 0 radical (unpaired) electrons. The van der Waals surface area contributed by atoms with Crippen molar-refractivity contribution in [1.29, 1.82) is 0 Å². The zero-order valence-corrected chi connectivity index (χ0v) is 14.7. The number of aliphatic hydroxyl groups is 1. The van der Waals surface area contributed by atoms with E-state index in [9.17, 15) is 5.11 Å². The molecule has 23 heavy (non-hydrogen) atoms. The lowest BCUT2D eigenvalue weighted by Crippen LogP contribution is -2.45. The van der Waals surface area contributed by atoms with Gasteiger partial charge in [0.2, 0.25) is 5.95 Å². The van der Waals surface area contributed by atoms with E-state index in [0.717, 1.165) is 44.4 Å². The topological polar surface area (TPSA) is 55.7 Å². The van der Waals surface area contributed by atoms with Crippen LogP contribution in [-0.4, -0.2) is 71.9 Å². The standard InChI is InChI=1S/C17H29N5O/c1-17(2,3)14-11-13(23)12-22(14)15-5-6-18-16(19-15)21-9-7-20(4)8-10-21/h5-6,13-14,23H,7-12H2,1-4H3/t13-,14?/m1/s1. The molecule has 1 aromatic heterocycles. The summed E-state index contributed by atoms with van der Waals surface area (Å²) >= 11 is 0. The number of β-amino-alcohol motifs (C(OH)–C–C–N with tert-alkyl or cyclic N) is 1. The van der Waals surface area contributed by atoms with Gasteiger partial charge in [0.25, 0.3) is 0 Å². The van der Waals surface area contributed by atoms with E-state index in [1.165, 1.54) is 0 Å². The predicted octanol–water partition coefficient (Wildman–Crippen LogP) is 1.21. The largest absolute Gasteiger partial charge is 0.391 e. The number of anilines is 2. The van der Waals surface area contributed by atoms with Gasteiger partial charge in [0, 0.05) is 45.0 Å². The summed E-state index contributed by atoms with van der Waals surface area (Å²) in [7, 11) is 2.15. The molecule has 3 heterocycles. The smallest absolute Gasteiger partial charge is 0.227 e. The molecule has 0 saturated carbocycles. The third-order valence-electron chi connectivity index (χ3n) is 4.99. The number of rotatable bonds is 2. The Morgan fingerprint density at radius 3 is 2.52 bits per heavy atom. The summed E-state index contributed by atoms with van der Waals surface area (Å²) in [4.78, 5) is 16.1. The lowest BCUT2D eigenvalue weighted by molar-refractivity contribution is 0.182. The molecule has 1 aromatic rings. The average Bonchev–Trinajstić information content (AvgIpc) is 2.90. The monoisotopic (exact) mass is 319 g/mol. The Morgan fingerprint density at radius 2 is 1.87 bits per heavy atom. The van der Waals surface area contributed by atoms with E-state index in [0.29, 0.717) is 12.6 Å². The zero-order valence-electron chi connectivity index (χ0n) is 14.7. The molecule has 128 valence electrons. The van der Waals surface area contributed by atoms with Crippen LogP contribution in [0.3, 0.4) is 0 Å². The van der Waals surface area contributed by atoms with Gasteiger partial charge in [0.1, 0.15) is 5.82 Å². The minimum atomic E-state index is -0.277. The van der Waals surface area contributed by atoms with Crippen LogP contribution in [0.15, 0.2) is 12.3 Å². The minimum absolute atomic E-state index is 0.108. The normalized spacial score (nSPS) is 26.8. The van der Waals surface area contributed by atoms with Gasteiger partial charge in [-0.1, -0.05) is 20.8 Å². The Labute approximate surface area is 139 Å². The molecule has 3 rings (SSSR count). The van der Waals surface area contributed by atoms with Crippen molar-refractivity contribution in [3.63, 3.8) is 0 Å². The quantitative estimate of drug-likeness (QED) is 0.884. The highest BCUT2D eigenvalue weighted by atomic mass is 16.3. The molecule has 2 aliphatic heterocycles. The van der Waals surface area contributed by atoms with E-state index >= 15 is 0 Å². The van der Waals surface area contributed by atoms with Crippen molar-refractivity contribution in [2.75, 3.05) is 49.6 Å². The van der Waals surface area contributed by atoms with Crippen LogP contribution in [0.25, 0.3) is 0 Å². The Morgan fingerprint density at radius 1 is 1.17 bits per heavy atom. The molecule has 2 aliphatic rings.